The molecule has 2 aromatic carbocycles. The summed E-state index contributed by atoms with van der Waals surface area (Å²) in [4.78, 5) is 0.385. The number of aryl methyl sites for hydroxylation is 1. The molecule has 0 aliphatic heterocycles. The largest absolute Gasteiger partial charge is 0.867 e. The van der Waals surface area contributed by atoms with Gasteiger partial charge in [-0.1, -0.05) is 60.7 Å². The van der Waals surface area contributed by atoms with Crippen LogP contribution in [0.4, 0.5) is 5.69 Å². The van der Waals surface area contributed by atoms with E-state index < -0.39 is 0 Å². The number of rotatable bonds is 4. The van der Waals surface area contributed by atoms with Gasteiger partial charge < -0.3 is 10.4 Å². The van der Waals surface area contributed by atoms with Crippen LogP contribution in [0.5, 0.6) is 0 Å². The summed E-state index contributed by atoms with van der Waals surface area (Å²) in [6.45, 7) is 1.98. The van der Waals surface area contributed by atoms with Gasteiger partial charge in [-0.3, -0.25) is 0 Å². The second-order valence-corrected chi connectivity index (χ2v) is 6.06. The molecule has 0 fully saturated rings. The number of benzene rings is 2. The predicted molar refractivity (Wildman–Crippen MR) is 104 cm³/mol. The highest BCUT2D eigenvalue weighted by atomic mass is 32.1. The van der Waals surface area contributed by atoms with Crippen LogP contribution < -0.4 is 15.0 Å². The zero-order valence-electron chi connectivity index (χ0n) is 13.8. The predicted octanol–water partition coefficient (Wildman–Crippen LogP) is 3.41. The number of anilines is 1. The lowest BCUT2D eigenvalue weighted by molar-refractivity contribution is -0.578. The van der Waals surface area contributed by atoms with Crippen LogP contribution in [0.3, 0.4) is 0 Å². The van der Waals surface area contributed by atoms with Gasteiger partial charge in [0.25, 0.3) is 0 Å². The molecule has 0 aliphatic rings. The lowest BCUT2D eigenvalue weighted by atomic mass is 10.1. The monoisotopic (exact) mass is 346 g/mol. The SMILES string of the molecule is Cc1ccc[n+](/C(C(=S)Nc2ccccc2)=C(\[O-])c2ccccc2)c1. The Kier molecular flexibility index (Phi) is 5.21. The molecule has 124 valence electrons. The van der Waals surface area contributed by atoms with Gasteiger partial charge in [0.1, 0.15) is 0 Å². The number of hydrogen-bond acceptors (Lipinski definition) is 2. The van der Waals surface area contributed by atoms with Crippen molar-refractivity contribution >= 4 is 34.3 Å². The Hall–Kier alpha value is -2.98. The standard InChI is InChI=1S/C21H18N2OS/c1-16-9-8-14-23(15-16)19(20(24)17-10-4-2-5-11-17)21(25)22-18-12-6-3-7-13-18/h2-15H,1H3,(H-,22,24,25). The minimum atomic E-state index is -0.121. The molecular formula is C21H18N2OS. The number of hydrogen-bond donors (Lipinski definition) is 1. The Morgan fingerprint density at radius 2 is 1.56 bits per heavy atom. The van der Waals surface area contributed by atoms with E-state index in [4.69, 9.17) is 12.2 Å². The first-order valence-corrected chi connectivity index (χ1v) is 8.37. The second kappa shape index (κ2) is 7.73. The van der Waals surface area contributed by atoms with Gasteiger partial charge in [0, 0.05) is 17.3 Å². The number of thiocarbonyl (C=S) groups is 1. The lowest BCUT2D eigenvalue weighted by Crippen LogP contribution is -2.40. The van der Waals surface area contributed by atoms with Crippen molar-refractivity contribution in [3.63, 3.8) is 0 Å². The highest BCUT2D eigenvalue weighted by molar-refractivity contribution is 7.81. The van der Waals surface area contributed by atoms with Crippen LogP contribution >= 0.6 is 12.2 Å². The number of aromatic nitrogens is 1. The molecule has 3 aromatic rings. The van der Waals surface area contributed by atoms with Crippen molar-refractivity contribution in [3.05, 3.63) is 96.3 Å². The Balaban J connectivity index is 2.08. The van der Waals surface area contributed by atoms with E-state index in [1.165, 1.54) is 0 Å². The summed E-state index contributed by atoms with van der Waals surface area (Å²) in [5.41, 5.74) is 2.92. The topological polar surface area (TPSA) is 39.0 Å². The molecule has 3 nitrogen and oxygen atoms in total. The molecule has 0 amide bonds. The molecular weight excluding hydrogens is 328 g/mol. The van der Waals surface area contributed by atoms with Crippen LogP contribution in [-0.4, -0.2) is 4.99 Å². The Bertz CT molecular complexity index is 905. The molecule has 4 heteroatoms. The smallest absolute Gasteiger partial charge is 0.238 e. The average molecular weight is 346 g/mol. The number of para-hydroxylation sites is 1. The maximum absolute atomic E-state index is 13.1. The van der Waals surface area contributed by atoms with Crippen molar-refractivity contribution in [2.75, 3.05) is 5.32 Å². The van der Waals surface area contributed by atoms with E-state index in [9.17, 15) is 5.11 Å². The number of nitrogens with zero attached hydrogens (tertiary/aromatic N) is 1. The first kappa shape index (κ1) is 16.9. The summed E-state index contributed by atoms with van der Waals surface area (Å²) in [5, 5.41) is 16.3. The zero-order chi connectivity index (χ0) is 17.6. The van der Waals surface area contributed by atoms with Crippen LogP contribution in [-0.2, 0) is 0 Å². The van der Waals surface area contributed by atoms with Gasteiger partial charge in [-0.25, -0.2) is 0 Å². The summed E-state index contributed by atoms with van der Waals surface area (Å²) in [5.74, 6) is -0.121. The first-order valence-electron chi connectivity index (χ1n) is 7.96. The molecule has 0 bridgehead atoms. The van der Waals surface area contributed by atoms with Crippen LogP contribution in [0.15, 0.2) is 85.2 Å². The van der Waals surface area contributed by atoms with Crippen molar-refractivity contribution in [1.29, 1.82) is 0 Å². The molecule has 1 heterocycles. The molecule has 3 rings (SSSR count). The Morgan fingerprint density at radius 3 is 2.20 bits per heavy atom. The van der Waals surface area contributed by atoms with Gasteiger partial charge in [0.05, 0.1) is 0 Å². The summed E-state index contributed by atoms with van der Waals surface area (Å²) in [6.07, 6.45) is 3.73. The third-order valence-corrected chi connectivity index (χ3v) is 4.00. The van der Waals surface area contributed by atoms with Crippen LogP contribution in [0.1, 0.15) is 11.1 Å². The Morgan fingerprint density at radius 1 is 0.920 bits per heavy atom. The van der Waals surface area contributed by atoms with Crippen molar-refractivity contribution < 1.29 is 9.67 Å². The molecule has 0 aliphatic carbocycles. The third-order valence-electron chi connectivity index (χ3n) is 3.70. The number of pyridine rings is 1. The highest BCUT2D eigenvalue weighted by Crippen LogP contribution is 2.16. The second-order valence-electron chi connectivity index (χ2n) is 5.65. The molecule has 0 radical (unpaired) electrons. The molecule has 0 spiro atoms. The van der Waals surface area contributed by atoms with E-state index in [0.29, 0.717) is 16.2 Å². The van der Waals surface area contributed by atoms with Gasteiger partial charge in [0.2, 0.25) is 5.70 Å². The van der Waals surface area contributed by atoms with Crippen molar-refractivity contribution in [3.8, 4) is 0 Å². The molecule has 0 atom stereocenters. The van der Waals surface area contributed by atoms with Crippen molar-refractivity contribution in [2.45, 2.75) is 6.92 Å². The molecule has 0 saturated heterocycles. The normalized spacial score (nSPS) is 11.6. The summed E-state index contributed by atoms with van der Waals surface area (Å²) >= 11 is 5.57. The highest BCUT2D eigenvalue weighted by Gasteiger charge is 2.19. The minimum absolute atomic E-state index is 0.121. The lowest BCUT2D eigenvalue weighted by Gasteiger charge is -2.17. The van der Waals surface area contributed by atoms with E-state index >= 15 is 0 Å². The first-order chi connectivity index (χ1) is 12.1. The maximum Gasteiger partial charge on any atom is 0.238 e. The quantitative estimate of drug-likeness (QED) is 0.341. The fourth-order valence-electron chi connectivity index (χ4n) is 2.51. The maximum atomic E-state index is 13.1. The summed E-state index contributed by atoms with van der Waals surface area (Å²) in [7, 11) is 0. The van der Waals surface area contributed by atoms with Crippen molar-refractivity contribution in [2.24, 2.45) is 0 Å². The molecule has 1 aromatic heterocycles. The summed E-state index contributed by atoms with van der Waals surface area (Å²) < 4.78 is 1.78. The van der Waals surface area contributed by atoms with Gasteiger partial charge in [-0.15, -0.1) is 0 Å². The third kappa shape index (κ3) is 4.11. The minimum Gasteiger partial charge on any atom is -0.867 e. The van der Waals surface area contributed by atoms with Gasteiger partial charge in [-0.05, 0) is 36.4 Å². The fraction of sp³-hybridized carbons (Fsp3) is 0.0476. The van der Waals surface area contributed by atoms with Crippen molar-refractivity contribution in [1.82, 2.24) is 0 Å². The van der Waals surface area contributed by atoms with E-state index in [1.54, 1.807) is 16.7 Å². The Labute approximate surface area is 152 Å². The van der Waals surface area contributed by atoms with E-state index in [-0.39, 0.29) is 5.76 Å². The summed E-state index contributed by atoms with van der Waals surface area (Å²) in [6, 6.07) is 22.7. The van der Waals surface area contributed by atoms with Gasteiger partial charge >= 0.3 is 0 Å². The van der Waals surface area contributed by atoms with Crippen LogP contribution in [0.25, 0.3) is 11.5 Å². The van der Waals surface area contributed by atoms with E-state index in [1.807, 2.05) is 80.0 Å². The molecule has 1 N–H and O–H groups in total. The number of nitrogens with one attached hydrogen (secondary N) is 1. The molecule has 25 heavy (non-hydrogen) atoms. The molecule has 0 saturated carbocycles. The van der Waals surface area contributed by atoms with Crippen LogP contribution in [0, 0.1) is 6.92 Å². The van der Waals surface area contributed by atoms with E-state index in [2.05, 4.69) is 5.32 Å². The van der Waals surface area contributed by atoms with Gasteiger partial charge in [0.15, 0.2) is 17.4 Å². The fourth-order valence-corrected chi connectivity index (χ4v) is 2.82. The molecule has 0 unspecified atom stereocenters. The van der Waals surface area contributed by atoms with E-state index in [0.717, 1.165) is 11.3 Å². The average Bonchev–Trinajstić information content (AvgIpc) is 2.63. The van der Waals surface area contributed by atoms with Crippen LogP contribution in [0.2, 0.25) is 0 Å². The van der Waals surface area contributed by atoms with Gasteiger partial charge in [-0.2, -0.15) is 4.57 Å². The zero-order valence-corrected chi connectivity index (χ0v) is 14.7.